The zero-order valence-corrected chi connectivity index (χ0v) is 10.6. The van der Waals surface area contributed by atoms with Gasteiger partial charge in [0, 0.05) is 0 Å². The molecule has 0 saturated carbocycles. The molecule has 0 saturated heterocycles. The molecular formula is C6H10Hg. The molecule has 0 amide bonds. The van der Waals surface area contributed by atoms with Crippen molar-refractivity contribution >= 4 is 0 Å². The quantitative estimate of drug-likeness (QED) is 0.681. The Hall–Kier alpha value is 0.415. The van der Waals surface area contributed by atoms with E-state index in [9.17, 15) is 0 Å². The molecule has 0 aromatic carbocycles. The van der Waals surface area contributed by atoms with Gasteiger partial charge < -0.3 is 0 Å². The van der Waals surface area contributed by atoms with Crippen molar-refractivity contribution in [1.82, 2.24) is 0 Å². The first-order chi connectivity index (χ1) is 3.13. The van der Waals surface area contributed by atoms with E-state index in [0.29, 0.717) is 0 Å². The minimum absolute atomic E-state index is 0.756. The molecule has 1 heteroatoms. The molecule has 0 unspecified atom stereocenters. The minimum atomic E-state index is -0.756. The van der Waals surface area contributed by atoms with Crippen LogP contribution in [-0.4, -0.2) is 0 Å². The van der Waals surface area contributed by atoms with Crippen LogP contribution < -0.4 is 0 Å². The maximum atomic E-state index is 3.83. The molecule has 0 radical (unpaired) electrons. The van der Waals surface area contributed by atoms with Gasteiger partial charge in [-0.15, -0.1) is 0 Å². The summed E-state index contributed by atoms with van der Waals surface area (Å²) in [5.41, 5.74) is 0. The molecular weight excluding hydrogens is 273 g/mol. The molecule has 0 aromatic rings. The topological polar surface area (TPSA) is 0 Å². The summed E-state index contributed by atoms with van der Waals surface area (Å²) >= 11 is -0.756. The number of hydrogen-bond donors (Lipinski definition) is 0. The Morgan fingerprint density at radius 3 is 1.43 bits per heavy atom. The van der Waals surface area contributed by atoms with Crippen molar-refractivity contribution < 1.29 is 24.6 Å². The molecule has 0 bridgehead atoms. The van der Waals surface area contributed by atoms with Crippen LogP contribution in [-0.2, 0) is 24.6 Å². The van der Waals surface area contributed by atoms with Crippen LogP contribution in [0.1, 0.15) is 13.8 Å². The van der Waals surface area contributed by atoms with Gasteiger partial charge in [0.2, 0.25) is 0 Å². The van der Waals surface area contributed by atoms with Crippen LogP contribution in [0.4, 0.5) is 0 Å². The molecule has 0 aromatic heterocycles. The van der Waals surface area contributed by atoms with Crippen molar-refractivity contribution in [2.45, 2.75) is 13.8 Å². The van der Waals surface area contributed by atoms with Gasteiger partial charge in [0.1, 0.15) is 0 Å². The van der Waals surface area contributed by atoms with Crippen molar-refractivity contribution in [2.75, 3.05) is 0 Å². The molecule has 36 valence electrons. The van der Waals surface area contributed by atoms with E-state index in [0.717, 1.165) is 0 Å². The van der Waals surface area contributed by atoms with Gasteiger partial charge in [0.15, 0.2) is 0 Å². The molecule has 0 rings (SSSR count). The molecule has 0 aliphatic carbocycles. The fraction of sp³-hybridized carbons (Fsp3) is 0.333. The van der Waals surface area contributed by atoms with Crippen LogP contribution in [0.15, 0.2) is 19.3 Å². The van der Waals surface area contributed by atoms with Gasteiger partial charge in [-0.25, -0.2) is 0 Å². The van der Waals surface area contributed by atoms with Gasteiger partial charge >= 0.3 is 57.7 Å². The monoisotopic (exact) mass is 284 g/mol. The van der Waals surface area contributed by atoms with E-state index in [1.54, 1.807) is 0 Å². The zero-order chi connectivity index (χ0) is 5.86. The molecule has 0 N–H and O–H groups in total. The summed E-state index contributed by atoms with van der Waals surface area (Å²) in [5.74, 6) is 0. The summed E-state index contributed by atoms with van der Waals surface area (Å²) in [6.45, 7) is 11.9. The predicted octanol–water partition coefficient (Wildman–Crippen LogP) is 2.14. The predicted molar refractivity (Wildman–Crippen MR) is 29.6 cm³/mol. The summed E-state index contributed by atoms with van der Waals surface area (Å²) in [6.07, 6.45) is 0. The van der Waals surface area contributed by atoms with Gasteiger partial charge in [-0.3, -0.25) is 0 Å². The second-order valence-corrected chi connectivity index (χ2v) is 12.9. The summed E-state index contributed by atoms with van der Waals surface area (Å²) in [5, 5.41) is 0. The van der Waals surface area contributed by atoms with Crippen molar-refractivity contribution in [3.05, 3.63) is 19.3 Å². The Morgan fingerprint density at radius 2 is 1.43 bits per heavy atom. The van der Waals surface area contributed by atoms with E-state index in [1.807, 2.05) is 0 Å². The van der Waals surface area contributed by atoms with Gasteiger partial charge in [0.25, 0.3) is 0 Å². The van der Waals surface area contributed by atoms with Crippen molar-refractivity contribution in [3.8, 4) is 0 Å². The fourth-order valence-electron chi connectivity index (χ4n) is 0.515. The Labute approximate surface area is 57.7 Å². The van der Waals surface area contributed by atoms with E-state index in [4.69, 9.17) is 0 Å². The van der Waals surface area contributed by atoms with Crippen LogP contribution in [0.2, 0.25) is 0 Å². The van der Waals surface area contributed by atoms with E-state index in [2.05, 4.69) is 27.0 Å². The molecule has 0 nitrogen and oxygen atoms in total. The van der Waals surface area contributed by atoms with E-state index in [1.165, 1.54) is 6.16 Å². The van der Waals surface area contributed by atoms with Crippen LogP contribution in [0, 0.1) is 0 Å². The van der Waals surface area contributed by atoms with Gasteiger partial charge in [-0.1, -0.05) is 0 Å². The van der Waals surface area contributed by atoms with Crippen LogP contribution in [0.5, 0.6) is 0 Å². The third-order valence-corrected chi connectivity index (χ3v) is 5.30. The third kappa shape index (κ3) is 6.42. The summed E-state index contributed by atoms with van der Waals surface area (Å²) in [7, 11) is 0. The number of hydrogen-bond acceptors (Lipinski definition) is 0. The SMILES string of the molecule is C=[C](C)[Hg][C](=C)C. The molecule has 7 heavy (non-hydrogen) atoms. The van der Waals surface area contributed by atoms with Crippen molar-refractivity contribution in [2.24, 2.45) is 0 Å². The summed E-state index contributed by atoms with van der Waals surface area (Å²) < 4.78 is 2.82. The summed E-state index contributed by atoms with van der Waals surface area (Å²) in [6, 6.07) is 0. The van der Waals surface area contributed by atoms with Crippen molar-refractivity contribution in [1.29, 1.82) is 0 Å². The van der Waals surface area contributed by atoms with E-state index >= 15 is 0 Å². The number of rotatable bonds is 2. The number of allylic oxidation sites excluding steroid dienone is 2. The fourth-order valence-corrected chi connectivity index (χ4v) is 4.52. The first-order valence-corrected chi connectivity index (χ1v) is 7.91. The maximum absolute atomic E-state index is 3.83. The van der Waals surface area contributed by atoms with E-state index in [-0.39, 0.29) is 0 Å². The standard InChI is InChI=1S/2C3H5.Hg/c2*1-3-2;/h2*1H2,2H3;. The van der Waals surface area contributed by atoms with Gasteiger partial charge in [0.05, 0.1) is 0 Å². The second-order valence-electron chi connectivity index (χ2n) is 2.09. The van der Waals surface area contributed by atoms with Gasteiger partial charge in [-0.05, 0) is 0 Å². The first-order valence-electron chi connectivity index (χ1n) is 2.41. The van der Waals surface area contributed by atoms with E-state index < -0.39 is 24.6 Å². The summed E-state index contributed by atoms with van der Waals surface area (Å²) in [4.78, 5) is 0. The second kappa shape index (κ2) is 3.42. The zero-order valence-electron chi connectivity index (χ0n) is 5.12. The normalized spacial score (nSPS) is 7.14. The van der Waals surface area contributed by atoms with Crippen LogP contribution in [0.25, 0.3) is 0 Å². The molecule has 0 aliphatic heterocycles. The molecule has 0 atom stereocenters. The Balaban J connectivity index is 3.32. The first kappa shape index (κ1) is 7.42. The third-order valence-electron chi connectivity index (χ3n) is 0.604. The molecule has 0 fully saturated rings. The Kier molecular flexibility index (Phi) is 3.62. The average Bonchev–Trinajstić information content (AvgIpc) is 1.27. The molecule has 0 heterocycles. The molecule has 0 aliphatic rings. The molecule has 0 spiro atoms. The van der Waals surface area contributed by atoms with Crippen LogP contribution >= 0.6 is 0 Å². The Bertz CT molecular complexity index is 80.4. The van der Waals surface area contributed by atoms with Crippen LogP contribution in [0.3, 0.4) is 0 Å². The van der Waals surface area contributed by atoms with Gasteiger partial charge in [-0.2, -0.15) is 0 Å². The van der Waals surface area contributed by atoms with Crippen molar-refractivity contribution in [3.63, 3.8) is 0 Å². The average molecular weight is 283 g/mol. The Morgan fingerprint density at radius 1 is 1.14 bits per heavy atom.